The molecule has 0 spiro atoms. The van der Waals surface area contributed by atoms with Crippen LogP contribution in [-0.2, 0) is 9.53 Å². The van der Waals surface area contributed by atoms with Crippen molar-refractivity contribution >= 4 is 12.0 Å². The number of ether oxygens (including phenoxy) is 1. The number of rotatable bonds is 5. The maximum absolute atomic E-state index is 11.8. The Morgan fingerprint density at radius 1 is 1.50 bits per heavy atom. The largest absolute Gasteiger partial charge is 0.481 e. The van der Waals surface area contributed by atoms with E-state index < -0.39 is 5.97 Å². The molecule has 6 heteroatoms. The molecule has 1 heterocycles. The number of carboxylic acids is 1. The molecule has 0 aromatic rings. The zero-order valence-electron chi connectivity index (χ0n) is 11.0. The lowest BCUT2D eigenvalue weighted by Gasteiger charge is -2.29. The normalized spacial score (nSPS) is 23.4. The Bertz CT molecular complexity index is 296. The maximum atomic E-state index is 11.8. The lowest BCUT2D eigenvalue weighted by atomic mass is 10.0. The van der Waals surface area contributed by atoms with Crippen molar-refractivity contribution < 1.29 is 19.4 Å². The molecule has 0 saturated carbocycles. The van der Waals surface area contributed by atoms with Gasteiger partial charge in [0.05, 0.1) is 6.10 Å². The van der Waals surface area contributed by atoms with E-state index in [-0.39, 0.29) is 24.6 Å². The third-order valence-corrected chi connectivity index (χ3v) is 3.04. The molecule has 104 valence electrons. The molecule has 0 bridgehead atoms. The number of aliphatic carboxylic acids is 1. The Balaban J connectivity index is 2.24. The second-order valence-corrected chi connectivity index (χ2v) is 4.77. The van der Waals surface area contributed by atoms with E-state index >= 15 is 0 Å². The topological polar surface area (TPSA) is 78.9 Å². The van der Waals surface area contributed by atoms with Gasteiger partial charge in [-0.05, 0) is 26.2 Å². The lowest BCUT2D eigenvalue weighted by Crippen LogP contribution is -2.46. The fourth-order valence-corrected chi connectivity index (χ4v) is 1.98. The lowest BCUT2D eigenvalue weighted by molar-refractivity contribution is -0.137. The van der Waals surface area contributed by atoms with E-state index in [1.807, 2.05) is 6.92 Å². The fourth-order valence-electron chi connectivity index (χ4n) is 1.98. The quantitative estimate of drug-likeness (QED) is 0.773. The molecular weight excluding hydrogens is 236 g/mol. The maximum Gasteiger partial charge on any atom is 0.317 e. The number of hydrogen-bond acceptors (Lipinski definition) is 3. The minimum atomic E-state index is -0.831. The highest BCUT2D eigenvalue weighted by Crippen LogP contribution is 2.13. The van der Waals surface area contributed by atoms with Crippen molar-refractivity contribution in [2.24, 2.45) is 0 Å². The first-order valence-corrected chi connectivity index (χ1v) is 6.34. The molecule has 2 unspecified atom stereocenters. The Hall–Kier alpha value is -1.30. The number of carboxylic acid groups (broad SMARTS) is 1. The van der Waals surface area contributed by atoms with Gasteiger partial charge in [-0.3, -0.25) is 4.79 Å². The van der Waals surface area contributed by atoms with Gasteiger partial charge in [0.25, 0.3) is 0 Å². The second kappa shape index (κ2) is 7.20. The van der Waals surface area contributed by atoms with E-state index in [1.165, 1.54) is 4.90 Å². The first-order valence-electron chi connectivity index (χ1n) is 6.34. The van der Waals surface area contributed by atoms with Crippen molar-refractivity contribution in [3.63, 3.8) is 0 Å². The van der Waals surface area contributed by atoms with Gasteiger partial charge in [0.2, 0.25) is 0 Å². The number of amides is 2. The molecule has 1 saturated heterocycles. The minimum absolute atomic E-state index is 0.0892. The third kappa shape index (κ3) is 5.35. The second-order valence-electron chi connectivity index (χ2n) is 4.77. The molecule has 2 atom stereocenters. The van der Waals surface area contributed by atoms with Crippen LogP contribution in [0.3, 0.4) is 0 Å². The molecule has 0 aromatic carbocycles. The van der Waals surface area contributed by atoms with Crippen molar-refractivity contribution in [1.29, 1.82) is 0 Å². The van der Waals surface area contributed by atoms with Crippen LogP contribution in [0.15, 0.2) is 0 Å². The van der Waals surface area contributed by atoms with Gasteiger partial charge in [-0.1, -0.05) is 0 Å². The van der Waals surface area contributed by atoms with Crippen LogP contribution >= 0.6 is 0 Å². The highest BCUT2D eigenvalue weighted by atomic mass is 16.5. The van der Waals surface area contributed by atoms with Crippen LogP contribution in [-0.4, -0.2) is 54.4 Å². The first kappa shape index (κ1) is 14.8. The molecule has 1 rings (SSSR count). The van der Waals surface area contributed by atoms with Crippen LogP contribution in [0.5, 0.6) is 0 Å². The monoisotopic (exact) mass is 258 g/mol. The number of hydrogen-bond donors (Lipinski definition) is 2. The average molecular weight is 258 g/mol. The number of carbonyl (C=O) groups excluding carboxylic acids is 1. The number of carbonyl (C=O) groups is 2. The summed E-state index contributed by atoms with van der Waals surface area (Å²) < 4.78 is 5.41. The highest BCUT2D eigenvalue weighted by molar-refractivity contribution is 5.74. The molecule has 1 aliphatic heterocycles. The van der Waals surface area contributed by atoms with E-state index in [2.05, 4.69) is 5.32 Å². The van der Waals surface area contributed by atoms with Crippen molar-refractivity contribution in [2.45, 2.75) is 44.8 Å². The van der Waals surface area contributed by atoms with Gasteiger partial charge < -0.3 is 20.1 Å². The summed E-state index contributed by atoms with van der Waals surface area (Å²) in [6.45, 7) is 3.13. The number of nitrogens with one attached hydrogen (secondary N) is 1. The summed E-state index contributed by atoms with van der Waals surface area (Å²) in [5.41, 5.74) is 0. The summed E-state index contributed by atoms with van der Waals surface area (Å²) in [7, 11) is 1.68. The van der Waals surface area contributed by atoms with Crippen LogP contribution in [0.25, 0.3) is 0 Å². The Labute approximate surface area is 107 Å². The van der Waals surface area contributed by atoms with Crippen LogP contribution in [0.1, 0.15) is 32.6 Å². The number of urea groups is 1. The predicted molar refractivity (Wildman–Crippen MR) is 66.5 cm³/mol. The minimum Gasteiger partial charge on any atom is -0.481 e. The van der Waals surface area contributed by atoms with Gasteiger partial charge in [0.15, 0.2) is 0 Å². The highest BCUT2D eigenvalue weighted by Gasteiger charge is 2.22. The van der Waals surface area contributed by atoms with E-state index in [9.17, 15) is 9.59 Å². The van der Waals surface area contributed by atoms with Crippen LogP contribution in [0, 0.1) is 0 Å². The molecule has 1 fully saturated rings. The van der Waals surface area contributed by atoms with Gasteiger partial charge in [-0.15, -0.1) is 0 Å². The SMILES string of the molecule is CC1CC(NC(=O)N(C)CCCC(=O)O)CCO1. The number of nitrogens with zero attached hydrogens (tertiary/aromatic N) is 1. The van der Waals surface area contributed by atoms with E-state index in [1.54, 1.807) is 7.05 Å². The molecule has 2 N–H and O–H groups in total. The Morgan fingerprint density at radius 2 is 2.22 bits per heavy atom. The van der Waals surface area contributed by atoms with Crippen LogP contribution in [0.2, 0.25) is 0 Å². The average Bonchev–Trinajstić information content (AvgIpc) is 2.28. The van der Waals surface area contributed by atoms with Crippen LogP contribution < -0.4 is 5.32 Å². The van der Waals surface area contributed by atoms with E-state index in [0.717, 1.165) is 12.8 Å². The fraction of sp³-hybridized carbons (Fsp3) is 0.833. The van der Waals surface area contributed by atoms with Crippen molar-refractivity contribution in [1.82, 2.24) is 10.2 Å². The third-order valence-electron chi connectivity index (χ3n) is 3.04. The first-order chi connectivity index (χ1) is 8.49. The van der Waals surface area contributed by atoms with E-state index in [4.69, 9.17) is 9.84 Å². The molecule has 6 nitrogen and oxygen atoms in total. The predicted octanol–water partition coefficient (Wildman–Crippen LogP) is 1.06. The van der Waals surface area contributed by atoms with E-state index in [0.29, 0.717) is 19.6 Å². The van der Waals surface area contributed by atoms with Crippen molar-refractivity contribution in [3.8, 4) is 0 Å². The zero-order valence-corrected chi connectivity index (χ0v) is 11.0. The summed E-state index contributed by atoms with van der Waals surface area (Å²) in [4.78, 5) is 23.7. The smallest absolute Gasteiger partial charge is 0.317 e. The Morgan fingerprint density at radius 3 is 2.83 bits per heavy atom. The summed E-state index contributed by atoms with van der Waals surface area (Å²) >= 11 is 0. The molecule has 2 amide bonds. The van der Waals surface area contributed by atoms with Gasteiger partial charge in [0, 0.05) is 32.7 Å². The molecule has 0 aromatic heterocycles. The van der Waals surface area contributed by atoms with Crippen molar-refractivity contribution in [2.75, 3.05) is 20.2 Å². The van der Waals surface area contributed by atoms with Gasteiger partial charge in [0.1, 0.15) is 0 Å². The van der Waals surface area contributed by atoms with Gasteiger partial charge in [-0.2, -0.15) is 0 Å². The standard InChI is InChI=1S/C12H22N2O4/c1-9-8-10(5-7-18-9)13-12(17)14(2)6-3-4-11(15)16/h9-10H,3-8H2,1-2H3,(H,13,17)(H,15,16). The van der Waals surface area contributed by atoms with Crippen LogP contribution in [0.4, 0.5) is 4.79 Å². The molecule has 1 aliphatic rings. The summed E-state index contributed by atoms with van der Waals surface area (Å²) in [5.74, 6) is -0.831. The molecule has 18 heavy (non-hydrogen) atoms. The summed E-state index contributed by atoms with van der Waals surface area (Å²) in [6, 6.07) is 0.0164. The van der Waals surface area contributed by atoms with Crippen molar-refractivity contribution in [3.05, 3.63) is 0 Å². The van der Waals surface area contributed by atoms with Gasteiger partial charge in [-0.25, -0.2) is 4.79 Å². The summed E-state index contributed by atoms with van der Waals surface area (Å²) in [5, 5.41) is 11.5. The van der Waals surface area contributed by atoms with Gasteiger partial charge >= 0.3 is 12.0 Å². The Kier molecular flexibility index (Phi) is 5.91. The molecular formula is C12H22N2O4. The molecule has 0 aliphatic carbocycles. The zero-order chi connectivity index (χ0) is 13.5. The molecule has 0 radical (unpaired) electrons. The summed E-state index contributed by atoms with van der Waals surface area (Å²) in [6.07, 6.45) is 2.41.